The van der Waals surface area contributed by atoms with E-state index in [-0.39, 0.29) is 12.0 Å². The Morgan fingerprint density at radius 1 is 1.69 bits per heavy atom. The Hall–Kier alpha value is -1.01. The first-order chi connectivity index (χ1) is 6.11. The number of hydrogen-bond donors (Lipinski definition) is 2. The fourth-order valence-corrected chi connectivity index (χ4v) is 0.934. The lowest BCUT2D eigenvalue weighted by Crippen LogP contribution is -2.34. The summed E-state index contributed by atoms with van der Waals surface area (Å²) in [5.41, 5.74) is 0. The molecule has 2 N–H and O–H groups in total. The first-order valence-corrected chi connectivity index (χ1v) is 4.51. The summed E-state index contributed by atoms with van der Waals surface area (Å²) < 4.78 is 0. The molecule has 3 nitrogen and oxygen atoms in total. The Bertz CT molecular complexity index is 196. The molecule has 0 fully saturated rings. The molecule has 13 heavy (non-hydrogen) atoms. The van der Waals surface area contributed by atoms with Gasteiger partial charge in [0.15, 0.2) is 0 Å². The van der Waals surface area contributed by atoms with Gasteiger partial charge in [-0.1, -0.05) is 13.8 Å². The van der Waals surface area contributed by atoms with Gasteiger partial charge in [-0.25, -0.2) is 0 Å². The maximum Gasteiger partial charge on any atom is 0.307 e. The van der Waals surface area contributed by atoms with Gasteiger partial charge in [0.2, 0.25) is 0 Å². The van der Waals surface area contributed by atoms with E-state index in [9.17, 15) is 4.79 Å². The number of hydrogen-bond acceptors (Lipinski definition) is 2. The van der Waals surface area contributed by atoms with Crippen LogP contribution in [-0.2, 0) is 4.79 Å². The average molecular weight is 183 g/mol. The van der Waals surface area contributed by atoms with E-state index in [1.54, 1.807) is 6.92 Å². The van der Waals surface area contributed by atoms with Gasteiger partial charge in [-0.05, 0) is 6.42 Å². The summed E-state index contributed by atoms with van der Waals surface area (Å²) in [6.45, 7) is 4.19. The lowest BCUT2D eigenvalue weighted by atomic mass is 10.1. The van der Waals surface area contributed by atoms with Gasteiger partial charge in [-0.15, -0.1) is 12.3 Å². The lowest BCUT2D eigenvalue weighted by molar-refractivity contribution is -0.140. The summed E-state index contributed by atoms with van der Waals surface area (Å²) >= 11 is 0. The molecular formula is C10H17NO2. The highest BCUT2D eigenvalue weighted by Crippen LogP contribution is 1.98. The molecule has 0 aromatic carbocycles. The van der Waals surface area contributed by atoms with Gasteiger partial charge in [0.25, 0.3) is 0 Å². The van der Waals surface area contributed by atoms with Crippen molar-refractivity contribution >= 4 is 5.97 Å². The van der Waals surface area contributed by atoms with Crippen molar-refractivity contribution in [1.29, 1.82) is 0 Å². The van der Waals surface area contributed by atoms with Crippen LogP contribution in [0.5, 0.6) is 0 Å². The van der Waals surface area contributed by atoms with Crippen LogP contribution in [0, 0.1) is 18.3 Å². The van der Waals surface area contributed by atoms with Crippen molar-refractivity contribution in [3.8, 4) is 12.3 Å². The summed E-state index contributed by atoms with van der Waals surface area (Å²) in [6.07, 6.45) is 6.75. The van der Waals surface area contributed by atoms with Gasteiger partial charge in [0.05, 0.1) is 5.92 Å². The fourth-order valence-electron chi connectivity index (χ4n) is 0.934. The molecule has 0 aromatic rings. The first kappa shape index (κ1) is 12.0. The summed E-state index contributed by atoms with van der Waals surface area (Å²) in [5, 5.41) is 11.7. The zero-order valence-corrected chi connectivity index (χ0v) is 8.21. The zero-order chi connectivity index (χ0) is 10.3. The standard InChI is InChI=1S/C10H17NO2/c1-4-6-9(5-2)11-7-8(3)10(12)13/h1,8-9,11H,5-7H2,2-3H3,(H,12,13). The lowest BCUT2D eigenvalue weighted by Gasteiger charge is -2.15. The molecule has 0 heterocycles. The van der Waals surface area contributed by atoms with E-state index in [2.05, 4.69) is 11.2 Å². The summed E-state index contributed by atoms with van der Waals surface area (Å²) in [6, 6.07) is 0.242. The maximum atomic E-state index is 10.5. The first-order valence-electron chi connectivity index (χ1n) is 4.51. The molecule has 0 saturated carbocycles. The molecule has 0 saturated heterocycles. The number of nitrogens with one attached hydrogen (secondary N) is 1. The molecule has 2 unspecified atom stereocenters. The Balaban J connectivity index is 3.72. The van der Waals surface area contributed by atoms with E-state index < -0.39 is 5.97 Å². The van der Waals surface area contributed by atoms with Gasteiger partial charge in [-0.3, -0.25) is 4.79 Å². The van der Waals surface area contributed by atoms with Crippen LogP contribution in [0.3, 0.4) is 0 Å². The molecule has 0 aromatic heterocycles. The Morgan fingerprint density at radius 2 is 2.31 bits per heavy atom. The van der Waals surface area contributed by atoms with E-state index >= 15 is 0 Å². The molecule has 0 spiro atoms. The zero-order valence-electron chi connectivity index (χ0n) is 8.21. The van der Waals surface area contributed by atoms with Crippen LogP contribution in [0.2, 0.25) is 0 Å². The van der Waals surface area contributed by atoms with Crippen molar-refractivity contribution in [2.75, 3.05) is 6.54 Å². The van der Waals surface area contributed by atoms with Crippen molar-refractivity contribution in [2.24, 2.45) is 5.92 Å². The predicted octanol–water partition coefficient (Wildman–Crippen LogP) is 1.10. The maximum absolute atomic E-state index is 10.5. The van der Waals surface area contributed by atoms with Crippen LogP contribution in [0.25, 0.3) is 0 Å². The predicted molar refractivity (Wildman–Crippen MR) is 52.3 cm³/mol. The van der Waals surface area contributed by atoms with Gasteiger partial charge < -0.3 is 10.4 Å². The number of carbonyl (C=O) groups is 1. The average Bonchev–Trinajstić information content (AvgIpc) is 2.11. The number of carboxylic acid groups (broad SMARTS) is 1. The molecule has 74 valence electrons. The molecule has 0 aliphatic heterocycles. The second kappa shape index (κ2) is 6.50. The van der Waals surface area contributed by atoms with Crippen molar-refractivity contribution < 1.29 is 9.90 Å². The van der Waals surface area contributed by atoms with E-state index in [0.29, 0.717) is 13.0 Å². The van der Waals surface area contributed by atoms with Crippen molar-refractivity contribution in [1.82, 2.24) is 5.32 Å². The van der Waals surface area contributed by atoms with Gasteiger partial charge in [0.1, 0.15) is 0 Å². The monoisotopic (exact) mass is 183 g/mol. The third-order valence-corrected chi connectivity index (χ3v) is 1.99. The van der Waals surface area contributed by atoms with Crippen LogP contribution in [-0.4, -0.2) is 23.7 Å². The van der Waals surface area contributed by atoms with Crippen LogP contribution in [0.4, 0.5) is 0 Å². The minimum absolute atomic E-state index is 0.242. The Morgan fingerprint density at radius 3 is 2.69 bits per heavy atom. The molecule has 0 aliphatic rings. The molecule has 2 atom stereocenters. The van der Waals surface area contributed by atoms with E-state index in [4.69, 9.17) is 11.5 Å². The normalized spacial score (nSPS) is 14.5. The smallest absolute Gasteiger partial charge is 0.307 e. The van der Waals surface area contributed by atoms with E-state index in [1.807, 2.05) is 6.92 Å². The molecule has 0 aliphatic carbocycles. The van der Waals surface area contributed by atoms with Gasteiger partial charge in [0, 0.05) is 19.0 Å². The molecule has 3 heteroatoms. The van der Waals surface area contributed by atoms with Crippen molar-refractivity contribution in [3.05, 3.63) is 0 Å². The second-order valence-corrected chi connectivity index (χ2v) is 3.16. The van der Waals surface area contributed by atoms with Crippen molar-refractivity contribution in [2.45, 2.75) is 32.7 Å². The molecule has 0 rings (SSSR count). The molecule has 0 bridgehead atoms. The number of aliphatic carboxylic acids is 1. The largest absolute Gasteiger partial charge is 0.481 e. The third kappa shape index (κ3) is 5.26. The van der Waals surface area contributed by atoms with E-state index in [0.717, 1.165) is 6.42 Å². The van der Waals surface area contributed by atoms with Crippen molar-refractivity contribution in [3.63, 3.8) is 0 Å². The topological polar surface area (TPSA) is 49.3 Å². The van der Waals surface area contributed by atoms with Gasteiger partial charge >= 0.3 is 5.97 Å². The highest BCUT2D eigenvalue weighted by atomic mass is 16.4. The Kier molecular flexibility index (Phi) is 5.99. The van der Waals surface area contributed by atoms with Crippen LogP contribution >= 0.6 is 0 Å². The van der Waals surface area contributed by atoms with Crippen LogP contribution < -0.4 is 5.32 Å². The molecular weight excluding hydrogens is 166 g/mol. The molecule has 0 amide bonds. The van der Waals surface area contributed by atoms with Gasteiger partial charge in [-0.2, -0.15) is 0 Å². The second-order valence-electron chi connectivity index (χ2n) is 3.16. The quantitative estimate of drug-likeness (QED) is 0.606. The Labute approximate surface area is 79.5 Å². The molecule has 0 radical (unpaired) electrons. The van der Waals surface area contributed by atoms with Crippen LogP contribution in [0.1, 0.15) is 26.7 Å². The van der Waals surface area contributed by atoms with E-state index in [1.165, 1.54) is 0 Å². The summed E-state index contributed by atoms with van der Waals surface area (Å²) in [4.78, 5) is 10.5. The fraction of sp³-hybridized carbons (Fsp3) is 0.700. The summed E-state index contributed by atoms with van der Waals surface area (Å²) in [5.74, 6) is 1.43. The highest BCUT2D eigenvalue weighted by molar-refractivity contribution is 5.69. The number of carboxylic acids is 1. The number of rotatable bonds is 6. The third-order valence-electron chi connectivity index (χ3n) is 1.99. The van der Waals surface area contributed by atoms with Crippen LogP contribution in [0.15, 0.2) is 0 Å². The highest BCUT2D eigenvalue weighted by Gasteiger charge is 2.12. The minimum atomic E-state index is -0.775. The SMILES string of the molecule is C#CCC(CC)NCC(C)C(=O)O. The number of terminal acetylenes is 1. The summed E-state index contributed by atoms with van der Waals surface area (Å²) in [7, 11) is 0. The minimum Gasteiger partial charge on any atom is -0.481 e.